The van der Waals surface area contributed by atoms with Crippen LogP contribution in [0.1, 0.15) is 22.7 Å². The molecule has 1 fully saturated rings. The van der Waals surface area contributed by atoms with Gasteiger partial charge < -0.3 is 9.32 Å². The maximum atomic E-state index is 12.8. The Morgan fingerprint density at radius 2 is 1.82 bits per heavy atom. The monoisotopic (exact) mass is 391 g/mol. The second kappa shape index (κ2) is 7.05. The third kappa shape index (κ3) is 3.66. The molecule has 0 amide bonds. The van der Waals surface area contributed by atoms with Gasteiger partial charge in [0.2, 0.25) is 5.89 Å². The zero-order valence-electron chi connectivity index (χ0n) is 15.6. The minimum atomic E-state index is -4.39. The maximum Gasteiger partial charge on any atom is 0.416 e. The van der Waals surface area contributed by atoms with Gasteiger partial charge in [0.25, 0.3) is 0 Å². The Kier molecular flexibility index (Phi) is 4.70. The molecule has 1 aliphatic rings. The van der Waals surface area contributed by atoms with Crippen LogP contribution in [0.3, 0.4) is 0 Å². The molecule has 3 heterocycles. The fourth-order valence-corrected chi connectivity index (χ4v) is 3.37. The minimum Gasteiger partial charge on any atom is -0.439 e. The number of nitrogens with zero attached hydrogens (tertiary/aromatic N) is 5. The number of fused-ring (bicyclic) bond motifs is 1. The van der Waals surface area contributed by atoms with Gasteiger partial charge in [0, 0.05) is 37.4 Å². The fraction of sp³-hybridized carbons (Fsp3) is 0.421. The van der Waals surface area contributed by atoms with Crippen LogP contribution in [0.2, 0.25) is 0 Å². The number of benzene rings is 1. The molecular weight excluding hydrogens is 371 g/mol. The summed E-state index contributed by atoms with van der Waals surface area (Å²) in [4.78, 5) is 17.3. The summed E-state index contributed by atoms with van der Waals surface area (Å²) >= 11 is 0. The number of anilines is 1. The SMILES string of the molecule is Cc1ncnc(N2CCN(Cc3nc4ccc(C(F)(F)F)cc4o3)CC2)c1C. The second-order valence-electron chi connectivity index (χ2n) is 6.96. The average Bonchev–Trinajstić information content (AvgIpc) is 3.05. The van der Waals surface area contributed by atoms with Crippen LogP contribution in [-0.2, 0) is 12.7 Å². The van der Waals surface area contributed by atoms with Gasteiger partial charge in [-0.05, 0) is 32.0 Å². The molecule has 0 aliphatic carbocycles. The lowest BCUT2D eigenvalue weighted by molar-refractivity contribution is -0.137. The van der Waals surface area contributed by atoms with Gasteiger partial charge in [0.15, 0.2) is 5.58 Å². The number of halogens is 3. The van der Waals surface area contributed by atoms with E-state index in [9.17, 15) is 13.2 Å². The predicted molar refractivity (Wildman–Crippen MR) is 98.0 cm³/mol. The first-order chi connectivity index (χ1) is 13.3. The molecule has 6 nitrogen and oxygen atoms in total. The molecule has 0 unspecified atom stereocenters. The Labute approximate surface area is 160 Å². The molecule has 0 spiro atoms. The number of alkyl halides is 3. The molecule has 0 bridgehead atoms. The standard InChI is InChI=1S/C19H20F3N5O/c1-12-13(2)23-11-24-18(12)27-7-5-26(6-8-27)10-17-25-15-4-3-14(19(20,21)22)9-16(15)28-17/h3-4,9,11H,5-8,10H2,1-2H3. The highest BCUT2D eigenvalue weighted by atomic mass is 19.4. The smallest absolute Gasteiger partial charge is 0.416 e. The molecule has 0 saturated carbocycles. The summed E-state index contributed by atoms with van der Waals surface area (Å²) in [6.07, 6.45) is -2.81. The third-order valence-electron chi connectivity index (χ3n) is 5.10. The molecule has 3 aromatic rings. The molecule has 0 atom stereocenters. The van der Waals surface area contributed by atoms with Crippen molar-refractivity contribution in [2.45, 2.75) is 26.6 Å². The van der Waals surface area contributed by atoms with Crippen LogP contribution < -0.4 is 4.90 Å². The van der Waals surface area contributed by atoms with E-state index in [0.717, 1.165) is 55.4 Å². The topological polar surface area (TPSA) is 58.3 Å². The molecule has 1 aliphatic heterocycles. The van der Waals surface area contributed by atoms with Crippen molar-refractivity contribution in [1.29, 1.82) is 0 Å². The first kappa shape index (κ1) is 18.7. The number of hydrogen-bond acceptors (Lipinski definition) is 6. The molecule has 0 N–H and O–H groups in total. The van der Waals surface area contributed by atoms with Crippen molar-refractivity contribution in [3.05, 3.63) is 47.2 Å². The van der Waals surface area contributed by atoms with Crippen LogP contribution in [0.15, 0.2) is 28.9 Å². The lowest BCUT2D eigenvalue weighted by Crippen LogP contribution is -2.46. The number of hydrogen-bond donors (Lipinski definition) is 0. The van der Waals surface area contributed by atoms with E-state index in [1.807, 2.05) is 13.8 Å². The number of rotatable bonds is 3. The Morgan fingerprint density at radius 1 is 1.07 bits per heavy atom. The highest BCUT2D eigenvalue weighted by Gasteiger charge is 2.31. The van der Waals surface area contributed by atoms with Gasteiger partial charge >= 0.3 is 6.18 Å². The van der Waals surface area contributed by atoms with Gasteiger partial charge in [0.1, 0.15) is 17.7 Å². The Morgan fingerprint density at radius 3 is 2.54 bits per heavy atom. The van der Waals surface area contributed by atoms with Crippen LogP contribution >= 0.6 is 0 Å². The Bertz CT molecular complexity index is 993. The first-order valence-corrected chi connectivity index (χ1v) is 9.03. The van der Waals surface area contributed by atoms with Crippen LogP contribution in [0.4, 0.5) is 19.0 Å². The van der Waals surface area contributed by atoms with Crippen LogP contribution in [0.5, 0.6) is 0 Å². The van der Waals surface area contributed by atoms with Crippen LogP contribution in [0, 0.1) is 13.8 Å². The average molecular weight is 391 g/mol. The van der Waals surface area contributed by atoms with Crippen molar-refractivity contribution in [3.63, 3.8) is 0 Å². The molecular formula is C19H20F3N5O. The van der Waals surface area contributed by atoms with E-state index in [1.165, 1.54) is 6.07 Å². The Balaban J connectivity index is 1.43. The van der Waals surface area contributed by atoms with E-state index in [-0.39, 0.29) is 5.58 Å². The van der Waals surface area contributed by atoms with Gasteiger partial charge in [-0.25, -0.2) is 15.0 Å². The largest absolute Gasteiger partial charge is 0.439 e. The molecule has 1 saturated heterocycles. The fourth-order valence-electron chi connectivity index (χ4n) is 3.37. The first-order valence-electron chi connectivity index (χ1n) is 9.03. The predicted octanol–water partition coefficient (Wildman–Crippen LogP) is 3.58. The zero-order chi connectivity index (χ0) is 19.9. The van der Waals surface area contributed by atoms with E-state index < -0.39 is 11.7 Å². The summed E-state index contributed by atoms with van der Waals surface area (Å²) in [5, 5.41) is 0. The molecule has 0 radical (unpaired) electrons. The van der Waals surface area contributed by atoms with Gasteiger partial charge in [0.05, 0.1) is 12.1 Å². The van der Waals surface area contributed by atoms with Crippen molar-refractivity contribution >= 4 is 16.9 Å². The van der Waals surface area contributed by atoms with E-state index in [0.29, 0.717) is 18.0 Å². The quantitative estimate of drug-likeness (QED) is 0.680. The second-order valence-corrected chi connectivity index (χ2v) is 6.96. The van der Waals surface area contributed by atoms with Gasteiger partial charge in [-0.1, -0.05) is 0 Å². The number of aromatic nitrogens is 3. The molecule has 4 rings (SSSR count). The van der Waals surface area contributed by atoms with E-state index >= 15 is 0 Å². The van der Waals surface area contributed by atoms with E-state index in [4.69, 9.17) is 4.42 Å². The van der Waals surface area contributed by atoms with Crippen molar-refractivity contribution in [1.82, 2.24) is 19.9 Å². The molecule has 1 aromatic carbocycles. The maximum absolute atomic E-state index is 12.8. The summed E-state index contributed by atoms with van der Waals surface area (Å²) < 4.78 is 44.1. The van der Waals surface area contributed by atoms with Gasteiger partial charge in [-0.2, -0.15) is 13.2 Å². The highest BCUT2D eigenvalue weighted by molar-refractivity contribution is 5.73. The summed E-state index contributed by atoms with van der Waals surface area (Å²) in [5.41, 5.74) is 1.92. The number of oxazole rings is 1. The number of piperazine rings is 1. The minimum absolute atomic E-state index is 0.163. The lowest BCUT2D eigenvalue weighted by Gasteiger charge is -2.35. The van der Waals surface area contributed by atoms with Crippen LogP contribution in [0.25, 0.3) is 11.1 Å². The van der Waals surface area contributed by atoms with Gasteiger partial charge in [-0.3, -0.25) is 4.90 Å². The summed E-state index contributed by atoms with van der Waals surface area (Å²) in [7, 11) is 0. The molecule has 9 heteroatoms. The third-order valence-corrected chi connectivity index (χ3v) is 5.10. The van der Waals surface area contributed by atoms with Crippen molar-refractivity contribution in [2.75, 3.05) is 31.1 Å². The van der Waals surface area contributed by atoms with E-state index in [1.54, 1.807) is 6.33 Å². The summed E-state index contributed by atoms with van der Waals surface area (Å²) in [6, 6.07) is 3.38. The highest BCUT2D eigenvalue weighted by Crippen LogP contribution is 2.31. The molecule has 148 valence electrons. The molecule has 28 heavy (non-hydrogen) atoms. The summed E-state index contributed by atoms with van der Waals surface area (Å²) in [6.45, 7) is 7.62. The van der Waals surface area contributed by atoms with Crippen molar-refractivity contribution < 1.29 is 17.6 Å². The lowest BCUT2D eigenvalue weighted by atomic mass is 10.2. The summed E-state index contributed by atoms with van der Waals surface area (Å²) in [5.74, 6) is 1.38. The normalized spacial score (nSPS) is 16.1. The number of aryl methyl sites for hydroxylation is 1. The van der Waals surface area contributed by atoms with Crippen LogP contribution in [-0.4, -0.2) is 46.0 Å². The van der Waals surface area contributed by atoms with Crippen molar-refractivity contribution in [2.24, 2.45) is 0 Å². The van der Waals surface area contributed by atoms with Gasteiger partial charge in [-0.15, -0.1) is 0 Å². The van der Waals surface area contributed by atoms with E-state index in [2.05, 4.69) is 24.8 Å². The molecule has 2 aromatic heterocycles. The zero-order valence-corrected chi connectivity index (χ0v) is 15.6. The Hall–Kier alpha value is -2.68. The van der Waals surface area contributed by atoms with Crippen molar-refractivity contribution in [3.8, 4) is 0 Å².